The highest BCUT2D eigenvalue weighted by molar-refractivity contribution is 7.80. The van der Waals surface area contributed by atoms with Gasteiger partial charge in [-0.15, -0.1) is 0 Å². The molecule has 0 radical (unpaired) electrons. The zero-order valence-corrected chi connectivity index (χ0v) is 17.3. The molecule has 154 valence electrons. The third kappa shape index (κ3) is 7.79. The molecule has 1 amide bonds. The van der Waals surface area contributed by atoms with Crippen molar-refractivity contribution in [1.82, 2.24) is 10.9 Å². The lowest BCUT2D eigenvalue weighted by atomic mass is 10.2. The van der Waals surface area contributed by atoms with Gasteiger partial charge in [0, 0.05) is 11.8 Å². The number of amides is 1. The van der Waals surface area contributed by atoms with Gasteiger partial charge in [-0.25, -0.2) is 4.39 Å². The molecule has 0 aliphatic rings. The van der Waals surface area contributed by atoms with E-state index in [0.717, 1.165) is 5.56 Å². The van der Waals surface area contributed by atoms with E-state index in [1.165, 1.54) is 30.3 Å². The zero-order chi connectivity index (χ0) is 21.2. The van der Waals surface area contributed by atoms with Crippen LogP contribution in [0.1, 0.15) is 19.4 Å². The standard InChI is InChI=1S/C21H24FN3O3S/c1-14(2)13-28-18-10-4-15(12-19(18)27-3)5-11-20(26)24-25-21(29)23-17-8-6-16(22)7-9-17/h4-12,14H,13H2,1-3H3,(H,24,26)(H2,23,25,29)/b11-5+. The highest BCUT2D eigenvalue weighted by Crippen LogP contribution is 2.28. The van der Waals surface area contributed by atoms with E-state index in [2.05, 4.69) is 30.0 Å². The van der Waals surface area contributed by atoms with E-state index < -0.39 is 5.91 Å². The Morgan fingerprint density at radius 1 is 1.14 bits per heavy atom. The minimum Gasteiger partial charge on any atom is -0.493 e. The highest BCUT2D eigenvalue weighted by atomic mass is 32.1. The molecule has 2 aromatic rings. The lowest BCUT2D eigenvalue weighted by Crippen LogP contribution is -2.43. The lowest BCUT2D eigenvalue weighted by molar-refractivity contribution is -0.116. The monoisotopic (exact) mass is 417 g/mol. The smallest absolute Gasteiger partial charge is 0.262 e. The minimum absolute atomic E-state index is 0.173. The molecule has 0 unspecified atom stereocenters. The van der Waals surface area contributed by atoms with Crippen molar-refractivity contribution < 1.29 is 18.7 Å². The number of carbonyl (C=O) groups excluding carboxylic acids is 1. The van der Waals surface area contributed by atoms with Crippen molar-refractivity contribution in [1.29, 1.82) is 0 Å². The number of methoxy groups -OCH3 is 1. The summed E-state index contributed by atoms with van der Waals surface area (Å²) in [4.78, 5) is 12.0. The number of hydrazine groups is 1. The van der Waals surface area contributed by atoms with Crippen LogP contribution in [-0.4, -0.2) is 24.7 Å². The lowest BCUT2D eigenvalue weighted by Gasteiger charge is -2.13. The first-order chi connectivity index (χ1) is 13.9. The van der Waals surface area contributed by atoms with Crippen molar-refractivity contribution in [2.24, 2.45) is 5.92 Å². The van der Waals surface area contributed by atoms with Crippen LogP contribution < -0.4 is 25.6 Å². The Balaban J connectivity index is 1.86. The molecule has 0 aliphatic carbocycles. The van der Waals surface area contributed by atoms with Gasteiger partial charge in [0.15, 0.2) is 16.6 Å². The molecule has 3 N–H and O–H groups in total. The van der Waals surface area contributed by atoms with Gasteiger partial charge in [-0.2, -0.15) is 0 Å². The number of nitrogens with one attached hydrogen (secondary N) is 3. The van der Waals surface area contributed by atoms with Crippen molar-refractivity contribution >= 4 is 35.0 Å². The van der Waals surface area contributed by atoms with E-state index in [1.807, 2.05) is 6.07 Å². The minimum atomic E-state index is -0.396. The maximum absolute atomic E-state index is 12.9. The fourth-order valence-corrected chi connectivity index (χ4v) is 2.36. The quantitative estimate of drug-likeness (QED) is 0.361. The van der Waals surface area contributed by atoms with Gasteiger partial charge >= 0.3 is 0 Å². The molecule has 2 rings (SSSR count). The topological polar surface area (TPSA) is 71.6 Å². The van der Waals surface area contributed by atoms with E-state index in [1.54, 1.807) is 25.3 Å². The molecule has 0 aromatic heterocycles. The summed E-state index contributed by atoms with van der Waals surface area (Å²) in [6.07, 6.45) is 3.00. The summed E-state index contributed by atoms with van der Waals surface area (Å²) in [6, 6.07) is 11.1. The molecule has 0 aliphatic heterocycles. The first-order valence-electron chi connectivity index (χ1n) is 8.99. The van der Waals surface area contributed by atoms with Crippen LogP contribution in [0.2, 0.25) is 0 Å². The fourth-order valence-electron chi connectivity index (χ4n) is 2.19. The van der Waals surface area contributed by atoms with Gasteiger partial charge < -0.3 is 14.8 Å². The van der Waals surface area contributed by atoms with Crippen molar-refractivity contribution in [2.75, 3.05) is 19.0 Å². The summed E-state index contributed by atoms with van der Waals surface area (Å²) in [7, 11) is 1.57. The van der Waals surface area contributed by atoms with Crippen LogP contribution >= 0.6 is 12.2 Å². The second-order valence-corrected chi connectivity index (χ2v) is 6.93. The van der Waals surface area contributed by atoms with Gasteiger partial charge in [-0.3, -0.25) is 15.6 Å². The van der Waals surface area contributed by atoms with E-state index in [0.29, 0.717) is 29.7 Å². The van der Waals surface area contributed by atoms with Gasteiger partial charge in [0.05, 0.1) is 13.7 Å². The average molecular weight is 418 g/mol. The SMILES string of the molecule is COc1cc(/C=C/C(=O)NNC(=S)Nc2ccc(F)cc2)ccc1OCC(C)C. The first kappa shape index (κ1) is 22.2. The van der Waals surface area contributed by atoms with Gasteiger partial charge in [0.25, 0.3) is 5.91 Å². The van der Waals surface area contributed by atoms with Crippen LogP contribution in [0.5, 0.6) is 11.5 Å². The largest absolute Gasteiger partial charge is 0.493 e. The van der Waals surface area contributed by atoms with Crippen LogP contribution in [0.15, 0.2) is 48.5 Å². The molecular weight excluding hydrogens is 393 g/mol. The molecule has 8 heteroatoms. The number of hydrogen-bond acceptors (Lipinski definition) is 4. The second kappa shape index (κ2) is 11.0. The molecule has 0 atom stereocenters. The summed E-state index contributed by atoms with van der Waals surface area (Å²) in [5, 5.41) is 3.00. The van der Waals surface area contributed by atoms with Crippen LogP contribution in [0.25, 0.3) is 6.08 Å². The number of anilines is 1. The zero-order valence-electron chi connectivity index (χ0n) is 16.5. The molecule has 0 spiro atoms. The maximum Gasteiger partial charge on any atom is 0.262 e. The molecule has 0 saturated carbocycles. The van der Waals surface area contributed by atoms with Crippen LogP contribution in [0, 0.1) is 11.7 Å². The van der Waals surface area contributed by atoms with Gasteiger partial charge in [-0.05, 0) is 66.2 Å². The molecular formula is C21H24FN3O3S. The molecule has 0 bridgehead atoms. The van der Waals surface area contributed by atoms with Gasteiger partial charge in [0.2, 0.25) is 0 Å². The van der Waals surface area contributed by atoms with Crippen LogP contribution in [0.4, 0.5) is 10.1 Å². The third-order valence-electron chi connectivity index (χ3n) is 3.59. The second-order valence-electron chi connectivity index (χ2n) is 6.52. The van der Waals surface area contributed by atoms with Crippen molar-refractivity contribution in [3.05, 3.63) is 59.9 Å². The Kier molecular flexibility index (Phi) is 8.42. The molecule has 0 heterocycles. The number of rotatable bonds is 7. The summed E-state index contributed by atoms with van der Waals surface area (Å²) >= 11 is 5.07. The Labute approximate surface area is 175 Å². The Morgan fingerprint density at radius 2 is 1.86 bits per heavy atom. The van der Waals surface area contributed by atoms with Crippen molar-refractivity contribution in [2.45, 2.75) is 13.8 Å². The third-order valence-corrected chi connectivity index (χ3v) is 3.79. The summed E-state index contributed by atoms with van der Waals surface area (Å²) in [5.41, 5.74) is 6.40. The number of halogens is 1. The molecule has 0 fully saturated rings. The number of benzene rings is 2. The van der Waals surface area contributed by atoms with Crippen molar-refractivity contribution in [3.63, 3.8) is 0 Å². The predicted octanol–water partition coefficient (Wildman–Crippen LogP) is 3.90. The fraction of sp³-hybridized carbons (Fsp3) is 0.238. The van der Waals surface area contributed by atoms with Crippen LogP contribution in [0.3, 0.4) is 0 Å². The Hall–Kier alpha value is -3.13. The van der Waals surface area contributed by atoms with Crippen molar-refractivity contribution in [3.8, 4) is 11.5 Å². The molecule has 6 nitrogen and oxygen atoms in total. The molecule has 2 aromatic carbocycles. The van der Waals surface area contributed by atoms with Gasteiger partial charge in [0.1, 0.15) is 5.82 Å². The average Bonchev–Trinajstić information content (AvgIpc) is 2.71. The number of thiocarbonyl (C=S) groups is 1. The summed E-state index contributed by atoms with van der Waals surface area (Å²) < 4.78 is 23.9. The molecule has 29 heavy (non-hydrogen) atoms. The highest BCUT2D eigenvalue weighted by Gasteiger charge is 2.06. The predicted molar refractivity (Wildman–Crippen MR) is 116 cm³/mol. The summed E-state index contributed by atoms with van der Waals surface area (Å²) in [5.74, 6) is 0.910. The van der Waals surface area contributed by atoms with E-state index in [-0.39, 0.29) is 10.9 Å². The Morgan fingerprint density at radius 3 is 2.52 bits per heavy atom. The van der Waals surface area contributed by atoms with E-state index in [4.69, 9.17) is 21.7 Å². The van der Waals surface area contributed by atoms with Crippen LogP contribution in [-0.2, 0) is 4.79 Å². The van der Waals surface area contributed by atoms with E-state index in [9.17, 15) is 9.18 Å². The molecule has 0 saturated heterocycles. The summed E-state index contributed by atoms with van der Waals surface area (Å²) in [6.45, 7) is 4.72. The maximum atomic E-state index is 12.9. The Bertz CT molecular complexity index is 870. The normalized spacial score (nSPS) is 10.7. The van der Waals surface area contributed by atoms with Gasteiger partial charge in [-0.1, -0.05) is 19.9 Å². The van der Waals surface area contributed by atoms with E-state index >= 15 is 0 Å². The number of hydrogen-bond donors (Lipinski definition) is 3. The number of carbonyl (C=O) groups is 1. The number of ether oxygens (including phenoxy) is 2. The first-order valence-corrected chi connectivity index (χ1v) is 9.39.